The zero-order valence-electron chi connectivity index (χ0n) is 35.9. The van der Waals surface area contributed by atoms with Gasteiger partial charge in [0.05, 0.1) is 25.4 Å². The van der Waals surface area contributed by atoms with Crippen LogP contribution in [-0.4, -0.2) is 87.5 Å². The molecule has 9 nitrogen and oxygen atoms in total. The van der Waals surface area contributed by atoms with Crippen LogP contribution in [0.1, 0.15) is 200 Å². The lowest BCUT2D eigenvalue weighted by Gasteiger charge is -2.40. The third-order valence-electron chi connectivity index (χ3n) is 10.9. The number of rotatable bonds is 38. The fraction of sp³-hybridized carbons (Fsp3) is 0.851. The third kappa shape index (κ3) is 27.9. The van der Waals surface area contributed by atoms with Crippen LogP contribution in [-0.2, 0) is 14.3 Å². The maximum Gasteiger partial charge on any atom is 0.220 e. The molecule has 7 unspecified atom stereocenters. The summed E-state index contributed by atoms with van der Waals surface area (Å²) in [4.78, 5) is 12.9. The van der Waals surface area contributed by atoms with Crippen molar-refractivity contribution in [2.24, 2.45) is 0 Å². The molecule has 1 aliphatic rings. The molecule has 0 spiro atoms. The minimum Gasteiger partial charge on any atom is -0.394 e. The van der Waals surface area contributed by atoms with Gasteiger partial charge in [-0.15, -0.1) is 0 Å². The normalized spacial score (nSPS) is 21.4. The topological polar surface area (TPSA) is 149 Å². The molecule has 0 bridgehead atoms. The second kappa shape index (κ2) is 37.7. The van der Waals surface area contributed by atoms with Gasteiger partial charge in [-0.05, 0) is 44.9 Å². The maximum atomic E-state index is 12.9. The first-order valence-electron chi connectivity index (χ1n) is 23.2. The van der Waals surface area contributed by atoms with Crippen molar-refractivity contribution in [3.8, 4) is 0 Å². The summed E-state index contributed by atoms with van der Waals surface area (Å²) in [6, 6.07) is -0.823. The first-order chi connectivity index (χ1) is 27.3. The van der Waals surface area contributed by atoms with Crippen LogP contribution in [0.2, 0.25) is 0 Å². The fourth-order valence-corrected chi connectivity index (χ4v) is 7.19. The number of unbranched alkanes of at least 4 members (excludes halogenated alkanes) is 24. The van der Waals surface area contributed by atoms with E-state index >= 15 is 0 Å². The number of carbonyl (C=O) groups excluding carboxylic acids is 1. The molecule has 0 aliphatic carbocycles. The summed E-state index contributed by atoms with van der Waals surface area (Å²) in [5.41, 5.74) is 0. The molecule has 9 heteroatoms. The predicted octanol–water partition coefficient (Wildman–Crippen LogP) is 9.67. The molecular formula is C47H87NO8. The van der Waals surface area contributed by atoms with E-state index in [1.807, 2.05) is 6.08 Å². The van der Waals surface area contributed by atoms with Crippen LogP contribution < -0.4 is 5.32 Å². The molecule has 56 heavy (non-hydrogen) atoms. The van der Waals surface area contributed by atoms with Crippen LogP contribution in [0.5, 0.6) is 0 Å². The van der Waals surface area contributed by atoms with Crippen LogP contribution >= 0.6 is 0 Å². The summed E-state index contributed by atoms with van der Waals surface area (Å²) >= 11 is 0. The van der Waals surface area contributed by atoms with Crippen molar-refractivity contribution in [3.05, 3.63) is 36.5 Å². The van der Waals surface area contributed by atoms with Crippen molar-refractivity contribution in [2.45, 2.75) is 243 Å². The van der Waals surface area contributed by atoms with Gasteiger partial charge in [0.2, 0.25) is 5.91 Å². The van der Waals surface area contributed by atoms with Crippen molar-refractivity contribution in [2.75, 3.05) is 13.2 Å². The minimum atomic E-state index is -1.57. The summed E-state index contributed by atoms with van der Waals surface area (Å²) in [6.45, 7) is 3.74. The molecule has 1 amide bonds. The van der Waals surface area contributed by atoms with E-state index in [0.717, 1.165) is 51.4 Å². The van der Waals surface area contributed by atoms with Crippen LogP contribution in [0.4, 0.5) is 0 Å². The summed E-state index contributed by atoms with van der Waals surface area (Å²) < 4.78 is 11.2. The number of carbonyl (C=O) groups is 1. The second-order valence-electron chi connectivity index (χ2n) is 16.2. The summed E-state index contributed by atoms with van der Waals surface area (Å²) in [5.74, 6) is -0.190. The lowest BCUT2D eigenvalue weighted by atomic mass is 9.99. The van der Waals surface area contributed by atoms with Crippen LogP contribution in [0, 0.1) is 0 Å². The van der Waals surface area contributed by atoms with Gasteiger partial charge in [-0.1, -0.05) is 185 Å². The molecule has 0 radical (unpaired) electrons. The minimum absolute atomic E-state index is 0.190. The standard InChI is InChI=1S/C47H87NO8/c1-3-5-7-9-11-13-15-17-19-20-21-23-25-27-29-31-33-35-37-43(51)48-40(39-55-47-46(54)45(53)44(52)42(38-49)56-47)41(50)36-34-32-30-28-26-24-22-18-16-14-12-10-8-6-4-2/h16,18,26,28,34,36,40-42,44-47,49-50,52-54H,3-15,17,19-25,27,29-33,35,37-39H2,1-2H3,(H,48,51)/b18-16+,28-26+,36-34+. The Morgan fingerprint density at radius 1 is 0.589 bits per heavy atom. The van der Waals surface area contributed by atoms with E-state index in [1.54, 1.807) is 6.08 Å². The molecular weight excluding hydrogens is 707 g/mol. The molecule has 0 aromatic carbocycles. The van der Waals surface area contributed by atoms with E-state index in [4.69, 9.17) is 9.47 Å². The molecule has 1 fully saturated rings. The number of allylic oxidation sites excluding steroid dienone is 5. The Kier molecular flexibility index (Phi) is 35.3. The quantitative estimate of drug-likeness (QED) is 0.0268. The van der Waals surface area contributed by atoms with Crippen molar-refractivity contribution in [3.63, 3.8) is 0 Å². The monoisotopic (exact) mass is 794 g/mol. The van der Waals surface area contributed by atoms with E-state index in [-0.39, 0.29) is 12.5 Å². The Balaban J connectivity index is 2.37. The van der Waals surface area contributed by atoms with E-state index in [9.17, 15) is 30.3 Å². The molecule has 0 saturated carbocycles. The highest BCUT2D eigenvalue weighted by molar-refractivity contribution is 5.76. The van der Waals surface area contributed by atoms with E-state index in [0.29, 0.717) is 6.42 Å². The van der Waals surface area contributed by atoms with E-state index in [2.05, 4.69) is 43.5 Å². The smallest absolute Gasteiger partial charge is 0.220 e. The molecule has 7 atom stereocenters. The number of amides is 1. The molecule has 1 saturated heterocycles. The van der Waals surface area contributed by atoms with Gasteiger partial charge in [0.15, 0.2) is 6.29 Å². The van der Waals surface area contributed by atoms with Crippen LogP contribution in [0.3, 0.4) is 0 Å². The summed E-state index contributed by atoms with van der Waals surface area (Å²) in [5, 5.41) is 54.1. The average Bonchev–Trinajstić information content (AvgIpc) is 3.20. The molecule has 6 N–H and O–H groups in total. The fourth-order valence-electron chi connectivity index (χ4n) is 7.19. The van der Waals surface area contributed by atoms with Gasteiger partial charge in [-0.3, -0.25) is 4.79 Å². The Labute approximate surface area is 342 Å². The molecule has 1 rings (SSSR count). The lowest BCUT2D eigenvalue weighted by Crippen LogP contribution is -2.60. The molecule has 0 aromatic rings. The number of ether oxygens (including phenoxy) is 2. The molecule has 0 aromatic heterocycles. The first kappa shape index (κ1) is 52.4. The van der Waals surface area contributed by atoms with Gasteiger partial charge in [0.1, 0.15) is 24.4 Å². The number of aliphatic hydroxyl groups is 5. The number of aliphatic hydroxyl groups excluding tert-OH is 5. The Bertz CT molecular complexity index is 972. The summed E-state index contributed by atoms with van der Waals surface area (Å²) in [6.07, 6.45) is 39.0. The van der Waals surface area contributed by atoms with E-state index in [1.165, 1.54) is 128 Å². The van der Waals surface area contributed by atoms with Crippen molar-refractivity contribution >= 4 is 5.91 Å². The van der Waals surface area contributed by atoms with Gasteiger partial charge in [-0.2, -0.15) is 0 Å². The Morgan fingerprint density at radius 2 is 1.02 bits per heavy atom. The highest BCUT2D eigenvalue weighted by Crippen LogP contribution is 2.22. The van der Waals surface area contributed by atoms with Gasteiger partial charge in [0.25, 0.3) is 0 Å². The Morgan fingerprint density at radius 3 is 1.50 bits per heavy atom. The van der Waals surface area contributed by atoms with Gasteiger partial charge in [-0.25, -0.2) is 0 Å². The van der Waals surface area contributed by atoms with Crippen molar-refractivity contribution in [1.82, 2.24) is 5.32 Å². The van der Waals surface area contributed by atoms with Crippen LogP contribution in [0.25, 0.3) is 0 Å². The lowest BCUT2D eigenvalue weighted by molar-refractivity contribution is -0.302. The predicted molar refractivity (Wildman–Crippen MR) is 230 cm³/mol. The summed E-state index contributed by atoms with van der Waals surface area (Å²) in [7, 11) is 0. The molecule has 328 valence electrons. The average molecular weight is 794 g/mol. The first-order valence-corrected chi connectivity index (χ1v) is 23.2. The highest BCUT2D eigenvalue weighted by atomic mass is 16.7. The van der Waals surface area contributed by atoms with Gasteiger partial charge >= 0.3 is 0 Å². The molecule has 1 aliphatic heterocycles. The zero-order chi connectivity index (χ0) is 40.9. The largest absolute Gasteiger partial charge is 0.394 e. The SMILES string of the molecule is CCCCCCC/C=C/CC/C=C/CC/C=C/C(O)C(COC1OC(CO)C(O)C(O)C1O)NC(=O)CCCCCCCCCCCCCCCCCCCC. The highest BCUT2D eigenvalue weighted by Gasteiger charge is 2.44. The van der Waals surface area contributed by atoms with Gasteiger partial charge < -0.3 is 40.3 Å². The second-order valence-corrected chi connectivity index (χ2v) is 16.2. The molecule has 1 heterocycles. The van der Waals surface area contributed by atoms with Gasteiger partial charge in [0, 0.05) is 6.42 Å². The third-order valence-corrected chi connectivity index (χ3v) is 10.9. The van der Waals surface area contributed by atoms with E-state index < -0.39 is 49.5 Å². The maximum absolute atomic E-state index is 12.9. The number of hydrogen-bond donors (Lipinski definition) is 6. The number of hydrogen-bond acceptors (Lipinski definition) is 8. The Hall–Kier alpha value is -1.59. The van der Waals surface area contributed by atoms with Crippen molar-refractivity contribution in [1.29, 1.82) is 0 Å². The zero-order valence-corrected chi connectivity index (χ0v) is 35.9. The van der Waals surface area contributed by atoms with Crippen LogP contribution in [0.15, 0.2) is 36.5 Å². The number of nitrogens with one attached hydrogen (secondary N) is 1. The van der Waals surface area contributed by atoms with Crippen molar-refractivity contribution < 1.29 is 39.8 Å².